The van der Waals surface area contributed by atoms with Crippen LogP contribution in [0.15, 0.2) is 24.3 Å². The molecule has 1 heterocycles. The Morgan fingerprint density at radius 3 is 2.79 bits per heavy atom. The van der Waals surface area contributed by atoms with Crippen LogP contribution in [-0.2, 0) is 0 Å². The van der Waals surface area contributed by atoms with E-state index >= 15 is 0 Å². The zero-order valence-electron chi connectivity index (χ0n) is 10.0. The summed E-state index contributed by atoms with van der Waals surface area (Å²) in [4.78, 5) is 7.76. The number of nitrogens with two attached hydrogens (primary N) is 1. The number of nitriles is 1. The van der Waals surface area contributed by atoms with Crippen molar-refractivity contribution >= 4 is 11.8 Å². The number of nitrogens with one attached hydrogen (secondary N) is 1. The van der Waals surface area contributed by atoms with E-state index in [-0.39, 0.29) is 23.1 Å². The summed E-state index contributed by atoms with van der Waals surface area (Å²) in [6, 6.07) is 7.15. The molecule has 0 fully saturated rings. The molecule has 0 saturated heterocycles. The first-order chi connectivity index (χ1) is 9.12. The SMILES string of the molecule is CNc1cc(Oc2ccc(C#N)c(F)c2)nc(N)n1. The summed E-state index contributed by atoms with van der Waals surface area (Å²) >= 11 is 0. The van der Waals surface area contributed by atoms with E-state index in [2.05, 4.69) is 15.3 Å². The quantitative estimate of drug-likeness (QED) is 0.873. The van der Waals surface area contributed by atoms with Crippen molar-refractivity contribution in [1.29, 1.82) is 5.26 Å². The van der Waals surface area contributed by atoms with Crippen molar-refractivity contribution in [3.05, 3.63) is 35.6 Å². The van der Waals surface area contributed by atoms with Crippen molar-refractivity contribution in [1.82, 2.24) is 9.97 Å². The molecule has 0 bridgehead atoms. The Labute approximate surface area is 108 Å². The average molecular weight is 259 g/mol. The first-order valence-corrected chi connectivity index (χ1v) is 5.32. The van der Waals surface area contributed by atoms with Crippen molar-refractivity contribution in [2.75, 3.05) is 18.1 Å². The second-order valence-corrected chi connectivity index (χ2v) is 3.56. The minimum Gasteiger partial charge on any atom is -0.439 e. The number of hydrogen-bond acceptors (Lipinski definition) is 6. The summed E-state index contributed by atoms with van der Waals surface area (Å²) in [7, 11) is 1.67. The number of ether oxygens (including phenoxy) is 1. The van der Waals surface area contributed by atoms with Gasteiger partial charge in [0, 0.05) is 19.2 Å². The Hall–Kier alpha value is -2.88. The molecule has 3 N–H and O–H groups in total. The number of benzene rings is 1. The van der Waals surface area contributed by atoms with Crippen LogP contribution in [0.2, 0.25) is 0 Å². The third-order valence-electron chi connectivity index (χ3n) is 2.26. The van der Waals surface area contributed by atoms with Crippen LogP contribution in [0.25, 0.3) is 0 Å². The Morgan fingerprint density at radius 1 is 1.37 bits per heavy atom. The van der Waals surface area contributed by atoms with Gasteiger partial charge >= 0.3 is 0 Å². The van der Waals surface area contributed by atoms with Crippen LogP contribution in [0.5, 0.6) is 11.6 Å². The predicted molar refractivity (Wildman–Crippen MR) is 67.2 cm³/mol. The number of rotatable bonds is 3. The largest absolute Gasteiger partial charge is 0.439 e. The average Bonchev–Trinajstić information content (AvgIpc) is 2.38. The molecule has 19 heavy (non-hydrogen) atoms. The molecule has 1 aromatic heterocycles. The van der Waals surface area contributed by atoms with Gasteiger partial charge in [-0.1, -0.05) is 0 Å². The van der Waals surface area contributed by atoms with Gasteiger partial charge in [-0.25, -0.2) is 4.39 Å². The molecule has 2 rings (SSSR count). The zero-order valence-corrected chi connectivity index (χ0v) is 10.0. The van der Waals surface area contributed by atoms with E-state index < -0.39 is 5.82 Å². The van der Waals surface area contributed by atoms with E-state index in [0.717, 1.165) is 6.07 Å². The van der Waals surface area contributed by atoms with Crippen LogP contribution in [0.1, 0.15) is 5.56 Å². The van der Waals surface area contributed by atoms with Crippen molar-refractivity contribution in [2.45, 2.75) is 0 Å². The molecular formula is C12H10FN5O. The van der Waals surface area contributed by atoms with E-state index in [1.807, 2.05) is 0 Å². The van der Waals surface area contributed by atoms with E-state index in [1.165, 1.54) is 18.2 Å². The van der Waals surface area contributed by atoms with E-state index in [4.69, 9.17) is 15.7 Å². The lowest BCUT2D eigenvalue weighted by Gasteiger charge is -2.07. The van der Waals surface area contributed by atoms with Crippen LogP contribution >= 0.6 is 0 Å². The van der Waals surface area contributed by atoms with E-state index in [1.54, 1.807) is 13.1 Å². The third-order valence-corrected chi connectivity index (χ3v) is 2.26. The molecule has 2 aromatic rings. The Bertz CT molecular complexity index is 653. The maximum Gasteiger partial charge on any atom is 0.226 e. The Kier molecular flexibility index (Phi) is 3.43. The van der Waals surface area contributed by atoms with Gasteiger partial charge in [-0.15, -0.1) is 0 Å². The van der Waals surface area contributed by atoms with E-state index in [9.17, 15) is 4.39 Å². The lowest BCUT2D eigenvalue weighted by Crippen LogP contribution is -2.01. The van der Waals surface area contributed by atoms with Crippen LogP contribution in [-0.4, -0.2) is 17.0 Å². The summed E-state index contributed by atoms with van der Waals surface area (Å²) in [5.41, 5.74) is 5.45. The standard InChI is InChI=1S/C12H10FN5O/c1-16-10-5-11(18-12(15)17-10)19-8-3-2-7(6-14)9(13)4-8/h2-5H,1H3,(H3,15,16,17,18). The number of hydrogen-bond donors (Lipinski definition) is 2. The summed E-state index contributed by atoms with van der Waals surface area (Å²) in [5, 5.41) is 11.4. The van der Waals surface area contributed by atoms with Crippen LogP contribution in [0.3, 0.4) is 0 Å². The number of nitrogen functional groups attached to an aromatic ring is 1. The van der Waals surface area contributed by atoms with Crippen LogP contribution < -0.4 is 15.8 Å². The molecule has 0 spiro atoms. The maximum absolute atomic E-state index is 13.4. The second kappa shape index (κ2) is 5.18. The first kappa shape index (κ1) is 12.6. The number of aromatic nitrogens is 2. The molecule has 0 radical (unpaired) electrons. The summed E-state index contributed by atoms with van der Waals surface area (Å²) in [6.45, 7) is 0. The molecule has 0 unspecified atom stereocenters. The summed E-state index contributed by atoms with van der Waals surface area (Å²) < 4.78 is 18.8. The molecule has 0 atom stereocenters. The number of anilines is 2. The van der Waals surface area contributed by atoms with Crippen molar-refractivity contribution < 1.29 is 9.13 Å². The molecule has 96 valence electrons. The molecule has 0 aliphatic heterocycles. The highest BCUT2D eigenvalue weighted by molar-refractivity contribution is 5.44. The van der Waals surface area contributed by atoms with Gasteiger partial charge in [0.15, 0.2) is 0 Å². The van der Waals surface area contributed by atoms with Gasteiger partial charge in [0.1, 0.15) is 23.5 Å². The highest BCUT2D eigenvalue weighted by Gasteiger charge is 2.07. The Morgan fingerprint density at radius 2 is 2.16 bits per heavy atom. The third kappa shape index (κ3) is 2.87. The highest BCUT2D eigenvalue weighted by Crippen LogP contribution is 2.23. The molecule has 6 nitrogen and oxygen atoms in total. The minimum absolute atomic E-state index is 0.0379. The second-order valence-electron chi connectivity index (χ2n) is 3.56. The van der Waals surface area contributed by atoms with Crippen LogP contribution in [0.4, 0.5) is 16.2 Å². The van der Waals surface area contributed by atoms with Gasteiger partial charge in [-0.05, 0) is 12.1 Å². The molecule has 7 heteroatoms. The summed E-state index contributed by atoms with van der Waals surface area (Å²) in [6.07, 6.45) is 0. The fourth-order valence-corrected chi connectivity index (χ4v) is 1.39. The minimum atomic E-state index is -0.657. The molecular weight excluding hydrogens is 249 g/mol. The Balaban J connectivity index is 2.28. The topological polar surface area (TPSA) is 96.8 Å². The fourth-order valence-electron chi connectivity index (χ4n) is 1.39. The maximum atomic E-state index is 13.4. The van der Waals surface area contributed by atoms with Crippen molar-refractivity contribution in [3.8, 4) is 17.7 Å². The number of halogens is 1. The molecule has 1 aromatic carbocycles. The lowest BCUT2D eigenvalue weighted by molar-refractivity contribution is 0.458. The molecule has 0 aliphatic rings. The number of nitrogens with zero attached hydrogens (tertiary/aromatic N) is 3. The zero-order chi connectivity index (χ0) is 13.8. The first-order valence-electron chi connectivity index (χ1n) is 5.32. The van der Waals surface area contributed by atoms with E-state index in [0.29, 0.717) is 5.82 Å². The van der Waals surface area contributed by atoms with Gasteiger partial charge in [0.05, 0.1) is 5.56 Å². The van der Waals surface area contributed by atoms with Gasteiger partial charge in [0.25, 0.3) is 0 Å². The fraction of sp³-hybridized carbons (Fsp3) is 0.0833. The molecule has 0 saturated carbocycles. The monoisotopic (exact) mass is 259 g/mol. The lowest BCUT2D eigenvalue weighted by atomic mass is 10.2. The highest BCUT2D eigenvalue weighted by atomic mass is 19.1. The van der Waals surface area contributed by atoms with Gasteiger partial charge in [-0.3, -0.25) is 0 Å². The predicted octanol–water partition coefficient (Wildman–Crippen LogP) is 1.90. The van der Waals surface area contributed by atoms with Crippen molar-refractivity contribution in [2.24, 2.45) is 0 Å². The van der Waals surface area contributed by atoms with Gasteiger partial charge in [0.2, 0.25) is 11.8 Å². The smallest absolute Gasteiger partial charge is 0.226 e. The van der Waals surface area contributed by atoms with Gasteiger partial charge < -0.3 is 15.8 Å². The van der Waals surface area contributed by atoms with Crippen molar-refractivity contribution in [3.63, 3.8) is 0 Å². The van der Waals surface area contributed by atoms with Gasteiger partial charge in [-0.2, -0.15) is 15.2 Å². The molecule has 0 aliphatic carbocycles. The normalized spacial score (nSPS) is 9.74. The van der Waals surface area contributed by atoms with Crippen LogP contribution in [0, 0.1) is 17.1 Å². The summed E-state index contributed by atoms with van der Waals surface area (Å²) in [5.74, 6) is 0.265. The molecule has 0 amide bonds.